The zero-order chi connectivity index (χ0) is 35.9. The van der Waals surface area contributed by atoms with Gasteiger partial charge in [-0.3, -0.25) is 24.5 Å². The molecule has 0 bridgehead atoms. The van der Waals surface area contributed by atoms with E-state index in [-0.39, 0.29) is 57.9 Å². The maximum absolute atomic E-state index is 15.3. The Labute approximate surface area is 302 Å². The first-order chi connectivity index (χ1) is 24.5. The average molecular weight is 718 g/mol. The van der Waals surface area contributed by atoms with Gasteiger partial charge in [0.15, 0.2) is 0 Å². The number of halogens is 2. The maximum atomic E-state index is 15.3. The quantitative estimate of drug-likeness (QED) is 0.358. The summed E-state index contributed by atoms with van der Waals surface area (Å²) < 4.78 is 16.5. The Balaban J connectivity index is 0.912. The molecule has 1 spiro atoms. The van der Waals surface area contributed by atoms with Gasteiger partial charge in [0, 0.05) is 64.3 Å². The van der Waals surface area contributed by atoms with E-state index in [1.165, 1.54) is 16.3 Å². The number of aromatic nitrogens is 2. The van der Waals surface area contributed by atoms with E-state index in [1.807, 2.05) is 23.1 Å². The van der Waals surface area contributed by atoms with E-state index in [9.17, 15) is 19.2 Å². The lowest BCUT2D eigenvalue weighted by Gasteiger charge is -2.47. The maximum Gasteiger partial charge on any atom is 0.287 e. The molecule has 0 saturated carbocycles. The highest BCUT2D eigenvalue weighted by molar-refractivity contribution is 6.32. The summed E-state index contributed by atoms with van der Waals surface area (Å²) in [5, 5.41) is 10.0. The van der Waals surface area contributed by atoms with E-state index in [1.54, 1.807) is 19.3 Å². The minimum absolute atomic E-state index is 0.0557. The van der Waals surface area contributed by atoms with Crippen molar-refractivity contribution in [3.63, 3.8) is 0 Å². The molecule has 1 aromatic heterocycles. The van der Waals surface area contributed by atoms with Crippen molar-refractivity contribution in [2.24, 2.45) is 12.5 Å². The van der Waals surface area contributed by atoms with Crippen molar-refractivity contribution in [1.82, 2.24) is 24.9 Å². The molecule has 4 fully saturated rings. The monoisotopic (exact) mass is 717 g/mol. The third-order valence-corrected chi connectivity index (χ3v) is 12.0. The highest BCUT2D eigenvalue weighted by Crippen LogP contribution is 2.43. The first kappa shape index (κ1) is 35.1. The highest BCUT2D eigenvalue weighted by atomic mass is 35.5. The fourth-order valence-corrected chi connectivity index (χ4v) is 8.72. The van der Waals surface area contributed by atoms with Gasteiger partial charge in [-0.1, -0.05) is 29.8 Å². The summed E-state index contributed by atoms with van der Waals surface area (Å²) in [4.78, 5) is 55.9. The first-order valence-corrected chi connectivity index (χ1v) is 18.3. The van der Waals surface area contributed by atoms with Crippen LogP contribution in [0.15, 0.2) is 53.5 Å². The number of carbonyl (C=O) groups is 3. The number of nitrogens with zero attached hydrogens (tertiary/aromatic N) is 5. The summed E-state index contributed by atoms with van der Waals surface area (Å²) >= 11 is 6.31. The Morgan fingerprint density at radius 1 is 0.961 bits per heavy atom. The molecule has 5 heterocycles. The normalized spacial score (nSPS) is 24.0. The molecule has 3 amide bonds. The highest BCUT2D eigenvalue weighted by Gasteiger charge is 2.39. The summed E-state index contributed by atoms with van der Waals surface area (Å²) in [6, 6.07) is 13.1. The molecule has 13 heteroatoms. The Morgan fingerprint density at radius 3 is 2.33 bits per heavy atom. The Kier molecular flexibility index (Phi) is 9.91. The molecule has 51 heavy (non-hydrogen) atoms. The number of hydrogen-bond donors (Lipinski definition) is 2. The summed E-state index contributed by atoms with van der Waals surface area (Å²) in [6.07, 6.45) is 6.84. The number of benzene rings is 2. The van der Waals surface area contributed by atoms with Gasteiger partial charge in [-0.25, -0.2) is 9.07 Å². The van der Waals surface area contributed by atoms with Gasteiger partial charge in [0.2, 0.25) is 11.8 Å². The summed E-state index contributed by atoms with van der Waals surface area (Å²) in [7, 11) is 3.65. The molecule has 4 saturated heterocycles. The van der Waals surface area contributed by atoms with Crippen molar-refractivity contribution >= 4 is 40.7 Å². The zero-order valence-electron chi connectivity index (χ0n) is 29.2. The van der Waals surface area contributed by atoms with Crippen LogP contribution in [0.5, 0.6) is 0 Å². The van der Waals surface area contributed by atoms with Crippen LogP contribution in [-0.2, 0) is 16.6 Å². The summed E-state index contributed by atoms with van der Waals surface area (Å²) in [5.41, 5.74) is 3.37. The second-order valence-electron chi connectivity index (χ2n) is 14.9. The van der Waals surface area contributed by atoms with Crippen molar-refractivity contribution in [3.8, 4) is 0 Å². The smallest absolute Gasteiger partial charge is 0.287 e. The van der Waals surface area contributed by atoms with Crippen LogP contribution in [0.25, 0.3) is 0 Å². The number of rotatable bonds is 6. The van der Waals surface area contributed by atoms with E-state index in [2.05, 4.69) is 44.7 Å². The van der Waals surface area contributed by atoms with Gasteiger partial charge in [0.05, 0.1) is 23.5 Å². The largest absolute Gasteiger partial charge is 0.378 e. The zero-order valence-corrected chi connectivity index (χ0v) is 29.9. The number of carbonyl (C=O) groups excluding carboxylic acids is 3. The number of nitrogens with one attached hydrogen (secondary N) is 2. The van der Waals surface area contributed by atoms with Crippen LogP contribution in [0.4, 0.5) is 15.8 Å². The van der Waals surface area contributed by atoms with Gasteiger partial charge in [0.25, 0.3) is 11.5 Å². The Bertz CT molecular complexity index is 1870. The number of piperidine rings is 4. The molecule has 0 radical (unpaired) electrons. The fraction of sp³-hybridized carbons (Fsp3) is 0.500. The van der Waals surface area contributed by atoms with E-state index in [4.69, 9.17) is 11.6 Å². The van der Waals surface area contributed by atoms with Crippen LogP contribution in [0.2, 0.25) is 5.02 Å². The van der Waals surface area contributed by atoms with Crippen molar-refractivity contribution < 1.29 is 18.8 Å². The molecule has 3 aromatic rings. The number of amides is 3. The van der Waals surface area contributed by atoms with E-state index in [0.29, 0.717) is 42.0 Å². The van der Waals surface area contributed by atoms with Crippen LogP contribution < -0.4 is 21.1 Å². The van der Waals surface area contributed by atoms with E-state index >= 15 is 4.39 Å². The Hall–Kier alpha value is -4.29. The third kappa shape index (κ3) is 7.39. The summed E-state index contributed by atoms with van der Waals surface area (Å²) in [5.74, 6) is -1.18. The number of imide groups is 1. The summed E-state index contributed by atoms with van der Waals surface area (Å²) in [6.45, 7) is 4.59. The van der Waals surface area contributed by atoms with Gasteiger partial charge in [-0.2, -0.15) is 5.10 Å². The number of hydrogen-bond acceptors (Lipinski definition) is 8. The van der Waals surface area contributed by atoms with E-state index in [0.717, 1.165) is 58.3 Å². The Morgan fingerprint density at radius 2 is 1.65 bits per heavy atom. The molecule has 270 valence electrons. The molecule has 3 unspecified atom stereocenters. The second-order valence-corrected chi connectivity index (χ2v) is 15.3. The minimum atomic E-state index is -0.505. The van der Waals surface area contributed by atoms with Crippen molar-refractivity contribution in [1.29, 1.82) is 0 Å². The SMILES string of the molecule is CN1CC(Nc2cnn(C)c(=O)c2Cl)CC(c2ccc(C(=O)N3CCC4(CC3)CCN(c3ccc(C5CCC(=O)NC5=O)cc3F)CC4)cc2)C1. The van der Waals surface area contributed by atoms with Crippen molar-refractivity contribution in [2.75, 3.05) is 56.5 Å². The van der Waals surface area contributed by atoms with E-state index < -0.39 is 5.92 Å². The molecule has 3 atom stereocenters. The number of likely N-dealkylation sites (N-methyl/N-ethyl adjacent to an activating group) is 1. The standard InChI is InChI=1S/C38H45ClFN7O4/c1-44-22-27(19-28(23-44)42-31-21-41-45(2)37(51)34(31)39)24-3-5-25(6-4-24)36(50)47-17-13-38(14-18-47)11-15-46(16-12-38)32-9-7-26(20-30(32)40)29-8-10-33(48)43-35(29)49/h3-7,9,20-21,27-29,42H,8,10-19,22-23H2,1-2H3,(H,43,48,49). The molecule has 11 nitrogen and oxygen atoms in total. The lowest BCUT2D eigenvalue weighted by molar-refractivity contribution is -0.134. The number of aryl methyl sites for hydroxylation is 1. The molecule has 4 aliphatic heterocycles. The molecule has 0 aliphatic carbocycles. The van der Waals surface area contributed by atoms with Crippen LogP contribution in [0.1, 0.15) is 78.3 Å². The minimum Gasteiger partial charge on any atom is -0.378 e. The fourth-order valence-electron chi connectivity index (χ4n) is 8.49. The lowest BCUT2D eigenvalue weighted by Crippen LogP contribution is -2.48. The molecule has 2 N–H and O–H groups in total. The van der Waals surface area contributed by atoms with Gasteiger partial charge in [-0.05, 0) is 92.3 Å². The lowest BCUT2D eigenvalue weighted by atomic mass is 9.71. The third-order valence-electron chi connectivity index (χ3n) is 11.6. The number of anilines is 2. The van der Waals surface area contributed by atoms with Crippen LogP contribution >= 0.6 is 11.6 Å². The van der Waals surface area contributed by atoms with Gasteiger partial charge < -0.3 is 20.0 Å². The van der Waals surface area contributed by atoms with Crippen LogP contribution in [0.3, 0.4) is 0 Å². The molecular formula is C38H45ClFN7O4. The van der Waals surface area contributed by atoms with Gasteiger partial charge >= 0.3 is 0 Å². The predicted octanol–water partition coefficient (Wildman–Crippen LogP) is 4.52. The molecule has 4 aliphatic rings. The topological polar surface area (TPSA) is 120 Å². The average Bonchev–Trinajstić information content (AvgIpc) is 3.12. The van der Waals surface area contributed by atoms with Gasteiger partial charge in [0.1, 0.15) is 10.8 Å². The predicted molar refractivity (Wildman–Crippen MR) is 194 cm³/mol. The molecular weight excluding hydrogens is 673 g/mol. The van der Waals surface area contributed by atoms with Gasteiger partial charge in [-0.15, -0.1) is 0 Å². The van der Waals surface area contributed by atoms with Crippen LogP contribution in [-0.4, -0.2) is 89.7 Å². The molecule has 7 rings (SSSR count). The van der Waals surface area contributed by atoms with Crippen LogP contribution in [0, 0.1) is 11.2 Å². The second kappa shape index (κ2) is 14.4. The van der Waals surface area contributed by atoms with Crippen molar-refractivity contribution in [2.45, 2.75) is 62.8 Å². The number of likely N-dealkylation sites (tertiary alicyclic amines) is 2. The molecule has 2 aromatic carbocycles. The first-order valence-electron chi connectivity index (χ1n) is 17.9. The van der Waals surface area contributed by atoms with Crippen molar-refractivity contribution in [3.05, 3.63) is 86.5 Å².